The van der Waals surface area contributed by atoms with E-state index in [1.807, 2.05) is 0 Å². The average molecular weight is 316 g/mol. The molecule has 0 amide bonds. The van der Waals surface area contributed by atoms with Crippen LogP contribution in [0, 0.1) is 0 Å². The molecule has 1 N–H and O–H groups in total. The van der Waals surface area contributed by atoms with E-state index in [-0.39, 0.29) is 0 Å². The van der Waals surface area contributed by atoms with E-state index in [9.17, 15) is 0 Å². The third-order valence-corrected chi connectivity index (χ3v) is 5.10. The number of fused-ring (bicyclic) bond motifs is 3. The van der Waals surface area contributed by atoms with Crippen molar-refractivity contribution in [3.63, 3.8) is 0 Å². The molecule has 3 rings (SSSR count). The second-order valence-corrected chi connectivity index (χ2v) is 6.90. The first-order valence-electron chi connectivity index (χ1n) is 9.32. The largest absolute Gasteiger partial charge is 0.315 e. The second-order valence-electron chi connectivity index (χ2n) is 6.90. The highest BCUT2D eigenvalue weighted by Gasteiger charge is 2.16. The van der Waals surface area contributed by atoms with Crippen LogP contribution >= 0.6 is 0 Å². The Morgan fingerprint density at radius 3 is 2.30 bits per heavy atom. The maximum absolute atomic E-state index is 3.59. The molecule has 2 aliphatic heterocycles. The van der Waals surface area contributed by atoms with Crippen molar-refractivity contribution in [2.75, 3.05) is 65.4 Å². The van der Waals surface area contributed by atoms with E-state index in [0.29, 0.717) is 0 Å². The maximum atomic E-state index is 3.59. The summed E-state index contributed by atoms with van der Waals surface area (Å²) < 4.78 is 0. The first-order valence-corrected chi connectivity index (χ1v) is 9.32. The number of hydrogen-bond donors (Lipinski definition) is 1. The van der Waals surface area contributed by atoms with Crippen molar-refractivity contribution in [2.45, 2.75) is 19.4 Å². The maximum Gasteiger partial charge on any atom is 0.0234 e. The zero-order chi connectivity index (χ0) is 15.7. The van der Waals surface area contributed by atoms with Gasteiger partial charge in [0.15, 0.2) is 0 Å². The van der Waals surface area contributed by atoms with Crippen LogP contribution in [0.4, 0.5) is 0 Å². The Hall–Kier alpha value is -0.940. The molecule has 2 heterocycles. The Kier molecular flexibility index (Phi) is 6.89. The molecule has 1 aromatic rings. The molecular formula is C19H32N4. The smallest absolute Gasteiger partial charge is 0.0234 e. The van der Waals surface area contributed by atoms with Gasteiger partial charge in [-0.2, -0.15) is 0 Å². The van der Waals surface area contributed by atoms with Crippen LogP contribution in [0.1, 0.15) is 18.4 Å². The van der Waals surface area contributed by atoms with Gasteiger partial charge in [0.1, 0.15) is 0 Å². The van der Waals surface area contributed by atoms with Gasteiger partial charge in [-0.15, -0.1) is 0 Å². The molecule has 1 aromatic carbocycles. The molecule has 0 saturated carbocycles. The first-order chi connectivity index (χ1) is 11.4. The van der Waals surface area contributed by atoms with Gasteiger partial charge in [-0.3, -0.25) is 4.90 Å². The lowest BCUT2D eigenvalue weighted by Gasteiger charge is -2.34. The summed E-state index contributed by atoms with van der Waals surface area (Å²) in [5, 5.41) is 3.59. The highest BCUT2D eigenvalue weighted by atomic mass is 15.2. The number of nitrogens with zero attached hydrogens (tertiary/aromatic N) is 3. The Morgan fingerprint density at radius 1 is 0.696 bits per heavy atom. The van der Waals surface area contributed by atoms with Crippen LogP contribution in [0.5, 0.6) is 0 Å². The van der Waals surface area contributed by atoms with Crippen LogP contribution in [-0.4, -0.2) is 80.1 Å². The molecule has 0 aromatic heterocycles. The second kappa shape index (κ2) is 9.38. The zero-order valence-corrected chi connectivity index (χ0v) is 14.4. The molecule has 0 radical (unpaired) electrons. The van der Waals surface area contributed by atoms with Crippen LogP contribution in [0.25, 0.3) is 0 Å². The van der Waals surface area contributed by atoms with E-state index < -0.39 is 0 Å². The summed E-state index contributed by atoms with van der Waals surface area (Å²) in [6, 6.07) is 10.9. The van der Waals surface area contributed by atoms with Gasteiger partial charge in [0, 0.05) is 45.8 Å². The third-order valence-electron chi connectivity index (χ3n) is 5.10. The predicted octanol–water partition coefficient (Wildman–Crippen LogP) is 1.49. The minimum Gasteiger partial charge on any atom is -0.315 e. The van der Waals surface area contributed by atoms with E-state index in [4.69, 9.17) is 0 Å². The average Bonchev–Trinajstić information content (AvgIpc) is 2.59. The molecular weight excluding hydrogens is 284 g/mol. The quantitative estimate of drug-likeness (QED) is 0.892. The van der Waals surface area contributed by atoms with Gasteiger partial charge in [-0.1, -0.05) is 30.3 Å². The number of hydrogen-bond acceptors (Lipinski definition) is 4. The van der Waals surface area contributed by atoms with Gasteiger partial charge in [-0.05, 0) is 44.6 Å². The molecule has 0 aliphatic carbocycles. The van der Waals surface area contributed by atoms with Gasteiger partial charge in [0.05, 0.1) is 0 Å². The highest BCUT2D eigenvalue weighted by molar-refractivity contribution is 5.14. The van der Waals surface area contributed by atoms with E-state index in [1.165, 1.54) is 70.8 Å². The van der Waals surface area contributed by atoms with Crippen molar-refractivity contribution in [3.8, 4) is 0 Å². The fourth-order valence-corrected chi connectivity index (χ4v) is 3.66. The summed E-state index contributed by atoms with van der Waals surface area (Å²) in [5.74, 6) is 0. The molecule has 4 heteroatoms. The summed E-state index contributed by atoms with van der Waals surface area (Å²) in [4.78, 5) is 7.97. The molecule has 23 heavy (non-hydrogen) atoms. The number of nitrogens with one attached hydrogen (secondary N) is 1. The van der Waals surface area contributed by atoms with E-state index >= 15 is 0 Å². The van der Waals surface area contributed by atoms with Crippen LogP contribution in [-0.2, 0) is 6.54 Å². The summed E-state index contributed by atoms with van der Waals surface area (Å²) in [5.41, 5.74) is 1.44. The van der Waals surface area contributed by atoms with Crippen LogP contribution < -0.4 is 5.32 Å². The van der Waals surface area contributed by atoms with Crippen molar-refractivity contribution < 1.29 is 0 Å². The summed E-state index contributed by atoms with van der Waals surface area (Å²) >= 11 is 0. The lowest BCUT2D eigenvalue weighted by molar-refractivity contribution is 0.141. The summed E-state index contributed by atoms with van der Waals surface area (Å²) in [6.45, 7) is 13.2. The Balaban J connectivity index is 1.60. The zero-order valence-electron chi connectivity index (χ0n) is 14.4. The number of benzene rings is 1. The van der Waals surface area contributed by atoms with Crippen molar-refractivity contribution in [3.05, 3.63) is 35.9 Å². The minimum atomic E-state index is 1.09. The van der Waals surface area contributed by atoms with Gasteiger partial charge < -0.3 is 15.1 Å². The normalized spacial score (nSPS) is 28.3. The highest BCUT2D eigenvalue weighted by Crippen LogP contribution is 2.08. The Bertz CT molecular complexity index is 436. The Labute approximate surface area is 141 Å². The monoisotopic (exact) mass is 316 g/mol. The molecule has 2 saturated heterocycles. The fourth-order valence-electron chi connectivity index (χ4n) is 3.66. The van der Waals surface area contributed by atoms with Crippen LogP contribution in [0.15, 0.2) is 30.3 Å². The SMILES string of the molecule is c1ccc(CN2CCCN3CCNCCCN(CC3)CC2)cc1. The first kappa shape index (κ1) is 16.9. The topological polar surface area (TPSA) is 21.8 Å². The third kappa shape index (κ3) is 5.88. The standard InChI is InChI=1S/C19H32N4/c1-2-6-19(7-3-1)18-23-12-5-11-21-13-9-20-8-4-10-22(15-14-21)16-17-23/h1-3,6-7,20H,4-5,8-18H2. The molecule has 2 fully saturated rings. The van der Waals surface area contributed by atoms with E-state index in [1.54, 1.807) is 0 Å². The number of rotatable bonds is 2. The molecule has 4 nitrogen and oxygen atoms in total. The molecule has 2 unspecified atom stereocenters. The molecule has 0 spiro atoms. The van der Waals surface area contributed by atoms with Gasteiger partial charge in [0.25, 0.3) is 0 Å². The van der Waals surface area contributed by atoms with Crippen LogP contribution in [0.3, 0.4) is 0 Å². The van der Waals surface area contributed by atoms with E-state index in [0.717, 1.165) is 19.6 Å². The molecule has 2 aliphatic rings. The summed E-state index contributed by atoms with van der Waals surface area (Å²) in [7, 11) is 0. The van der Waals surface area contributed by atoms with Gasteiger partial charge >= 0.3 is 0 Å². The predicted molar refractivity (Wildman–Crippen MR) is 96.7 cm³/mol. The lowest BCUT2D eigenvalue weighted by Crippen LogP contribution is -2.46. The van der Waals surface area contributed by atoms with Crippen LogP contribution in [0.2, 0.25) is 0 Å². The Morgan fingerprint density at radius 2 is 1.43 bits per heavy atom. The van der Waals surface area contributed by atoms with Crippen molar-refractivity contribution >= 4 is 0 Å². The molecule has 2 bridgehead atoms. The van der Waals surface area contributed by atoms with Crippen molar-refractivity contribution in [1.29, 1.82) is 0 Å². The lowest BCUT2D eigenvalue weighted by atomic mass is 10.2. The van der Waals surface area contributed by atoms with E-state index in [2.05, 4.69) is 50.3 Å². The summed E-state index contributed by atoms with van der Waals surface area (Å²) in [6.07, 6.45) is 2.56. The van der Waals surface area contributed by atoms with Gasteiger partial charge in [0.2, 0.25) is 0 Å². The minimum absolute atomic E-state index is 1.09. The molecule has 128 valence electrons. The fraction of sp³-hybridized carbons (Fsp3) is 0.684. The van der Waals surface area contributed by atoms with Crippen molar-refractivity contribution in [2.24, 2.45) is 0 Å². The van der Waals surface area contributed by atoms with Crippen molar-refractivity contribution in [1.82, 2.24) is 20.0 Å². The molecule has 2 atom stereocenters. The van der Waals surface area contributed by atoms with Gasteiger partial charge in [-0.25, -0.2) is 0 Å².